The molecule has 1 aromatic rings. The lowest BCUT2D eigenvalue weighted by atomic mass is 10.00. The Balaban J connectivity index is 2.43. The summed E-state index contributed by atoms with van der Waals surface area (Å²) >= 11 is 0. The van der Waals surface area contributed by atoms with E-state index in [2.05, 4.69) is 13.8 Å². The molecule has 0 fully saturated rings. The molecule has 0 atom stereocenters. The zero-order valence-electron chi connectivity index (χ0n) is 10.0. The molecule has 17 heavy (non-hydrogen) atoms. The minimum atomic E-state index is 0.0410. The van der Waals surface area contributed by atoms with Crippen LogP contribution in [0, 0.1) is 11.3 Å². The minimum Gasteiger partial charge on any atom is -0.486 e. The van der Waals surface area contributed by atoms with Gasteiger partial charge in [-0.2, -0.15) is 5.26 Å². The van der Waals surface area contributed by atoms with Crippen LogP contribution in [0.1, 0.15) is 25.3 Å². The number of nitrogens with zero attached hydrogens (tertiary/aromatic N) is 1. The van der Waals surface area contributed by atoms with E-state index in [1.165, 1.54) is 0 Å². The third-order valence-electron chi connectivity index (χ3n) is 2.58. The van der Waals surface area contributed by atoms with E-state index in [9.17, 15) is 0 Å². The fraction of sp³-hybridized carbons (Fsp3) is 0.462. The predicted molar refractivity (Wildman–Crippen MR) is 62.6 cm³/mol. The first-order valence-electron chi connectivity index (χ1n) is 5.66. The van der Waals surface area contributed by atoms with Gasteiger partial charge >= 0.3 is 0 Å². The van der Waals surface area contributed by atoms with Crippen LogP contribution >= 0.6 is 0 Å². The first-order valence-corrected chi connectivity index (χ1v) is 5.66. The molecule has 0 aromatic heterocycles. The molecule has 1 aliphatic rings. The lowest BCUT2D eigenvalue weighted by Gasteiger charge is -2.24. The Labute approximate surface area is 101 Å². The summed E-state index contributed by atoms with van der Waals surface area (Å²) in [6.45, 7) is 5.29. The number of rotatable bonds is 3. The van der Waals surface area contributed by atoms with E-state index in [1.54, 1.807) is 0 Å². The van der Waals surface area contributed by atoms with Crippen molar-refractivity contribution in [2.75, 3.05) is 19.8 Å². The van der Waals surface area contributed by atoms with Crippen molar-refractivity contribution in [3.63, 3.8) is 0 Å². The summed E-state index contributed by atoms with van der Waals surface area (Å²) in [5, 5.41) is 8.56. The summed E-state index contributed by atoms with van der Waals surface area (Å²) < 4.78 is 16.6. The van der Waals surface area contributed by atoms with Gasteiger partial charge in [0.2, 0.25) is 0 Å². The molecule has 2 rings (SSSR count). The fourth-order valence-corrected chi connectivity index (χ4v) is 1.90. The van der Waals surface area contributed by atoms with E-state index >= 15 is 0 Å². The summed E-state index contributed by atoms with van der Waals surface area (Å²) in [6.07, 6.45) is 0. The topological polar surface area (TPSA) is 51.5 Å². The summed E-state index contributed by atoms with van der Waals surface area (Å²) in [5.41, 5.74) is 0.970. The minimum absolute atomic E-state index is 0.0410. The molecule has 0 bridgehead atoms. The van der Waals surface area contributed by atoms with Crippen LogP contribution in [0.5, 0.6) is 17.2 Å². The van der Waals surface area contributed by atoms with Gasteiger partial charge in [0, 0.05) is 5.56 Å². The van der Waals surface area contributed by atoms with Gasteiger partial charge in [-0.05, 0) is 18.1 Å². The maximum Gasteiger partial charge on any atom is 0.174 e. The molecule has 90 valence electrons. The first-order chi connectivity index (χ1) is 8.24. The highest BCUT2D eigenvalue weighted by molar-refractivity contribution is 5.56. The molecule has 0 radical (unpaired) electrons. The van der Waals surface area contributed by atoms with Crippen LogP contribution in [-0.4, -0.2) is 19.8 Å². The normalized spacial score (nSPS) is 13.3. The molecule has 1 aromatic carbocycles. The highest BCUT2D eigenvalue weighted by Gasteiger charge is 2.22. The lowest BCUT2D eigenvalue weighted by Crippen LogP contribution is -2.17. The molecule has 4 nitrogen and oxygen atoms in total. The van der Waals surface area contributed by atoms with Crippen molar-refractivity contribution in [1.29, 1.82) is 5.26 Å². The van der Waals surface area contributed by atoms with E-state index in [-0.39, 0.29) is 12.5 Å². The number of ether oxygens (including phenoxy) is 3. The Bertz CT molecular complexity index is 449. The average Bonchev–Trinajstić information content (AvgIpc) is 2.35. The molecule has 0 unspecified atom stereocenters. The van der Waals surface area contributed by atoms with Gasteiger partial charge in [-0.25, -0.2) is 0 Å². The fourth-order valence-electron chi connectivity index (χ4n) is 1.90. The summed E-state index contributed by atoms with van der Waals surface area (Å²) in [7, 11) is 0. The Hall–Kier alpha value is -1.89. The molecule has 0 N–H and O–H groups in total. The van der Waals surface area contributed by atoms with Crippen LogP contribution in [0.4, 0.5) is 0 Å². The molecule has 0 amide bonds. The van der Waals surface area contributed by atoms with Gasteiger partial charge in [-0.15, -0.1) is 0 Å². The van der Waals surface area contributed by atoms with Crippen LogP contribution in [0.2, 0.25) is 0 Å². The lowest BCUT2D eigenvalue weighted by molar-refractivity contribution is 0.168. The Morgan fingerprint density at radius 2 is 2.12 bits per heavy atom. The maximum atomic E-state index is 8.56. The number of hydrogen-bond donors (Lipinski definition) is 0. The summed E-state index contributed by atoms with van der Waals surface area (Å²) in [6, 6.07) is 5.63. The van der Waals surface area contributed by atoms with Crippen LogP contribution in [0.15, 0.2) is 12.1 Å². The monoisotopic (exact) mass is 233 g/mol. The molecular weight excluding hydrogens is 218 g/mol. The Morgan fingerprint density at radius 3 is 2.82 bits per heavy atom. The van der Waals surface area contributed by atoms with Gasteiger partial charge in [0.15, 0.2) is 18.1 Å². The first kappa shape index (κ1) is 11.6. The third kappa shape index (κ3) is 2.28. The smallest absolute Gasteiger partial charge is 0.174 e. The molecular formula is C13H15NO3. The molecule has 1 aliphatic heterocycles. The number of nitriles is 1. The Morgan fingerprint density at radius 1 is 1.35 bits per heavy atom. The summed E-state index contributed by atoms with van der Waals surface area (Å²) in [4.78, 5) is 0. The maximum absolute atomic E-state index is 8.56. The van der Waals surface area contributed by atoms with E-state index < -0.39 is 0 Å². The summed E-state index contributed by atoms with van der Waals surface area (Å²) in [5.74, 6) is 2.46. The molecule has 4 heteroatoms. The SMILES string of the molecule is CC(C)c1c(OCC#N)ccc2c1OCCO2. The molecule has 1 heterocycles. The van der Waals surface area contributed by atoms with Crippen molar-refractivity contribution in [1.82, 2.24) is 0 Å². The highest BCUT2D eigenvalue weighted by Crippen LogP contribution is 2.43. The second-order valence-electron chi connectivity index (χ2n) is 4.10. The molecule has 0 saturated heterocycles. The predicted octanol–water partition coefficient (Wildman–Crippen LogP) is 2.48. The number of fused-ring (bicyclic) bond motifs is 1. The van der Waals surface area contributed by atoms with Crippen LogP contribution in [-0.2, 0) is 0 Å². The van der Waals surface area contributed by atoms with Crippen molar-refractivity contribution in [2.24, 2.45) is 0 Å². The second kappa shape index (κ2) is 4.96. The van der Waals surface area contributed by atoms with Crippen molar-refractivity contribution in [3.05, 3.63) is 17.7 Å². The van der Waals surface area contributed by atoms with Gasteiger partial charge < -0.3 is 14.2 Å². The van der Waals surface area contributed by atoms with Crippen molar-refractivity contribution in [3.8, 4) is 23.3 Å². The van der Waals surface area contributed by atoms with Crippen molar-refractivity contribution >= 4 is 0 Å². The third-order valence-corrected chi connectivity index (χ3v) is 2.58. The number of hydrogen-bond acceptors (Lipinski definition) is 4. The van der Waals surface area contributed by atoms with Crippen LogP contribution in [0.3, 0.4) is 0 Å². The van der Waals surface area contributed by atoms with Gasteiger partial charge in [-0.3, -0.25) is 0 Å². The van der Waals surface area contributed by atoms with E-state index in [1.807, 2.05) is 18.2 Å². The van der Waals surface area contributed by atoms with E-state index in [0.29, 0.717) is 19.0 Å². The van der Waals surface area contributed by atoms with Crippen molar-refractivity contribution in [2.45, 2.75) is 19.8 Å². The van der Waals surface area contributed by atoms with Gasteiger partial charge in [0.05, 0.1) is 0 Å². The van der Waals surface area contributed by atoms with Gasteiger partial charge in [0.25, 0.3) is 0 Å². The molecule has 0 aliphatic carbocycles. The number of benzene rings is 1. The standard InChI is InChI=1S/C13H15NO3/c1-9(2)12-10(15-6-5-14)3-4-11-13(12)17-8-7-16-11/h3-4,9H,6-8H2,1-2H3. The van der Waals surface area contributed by atoms with E-state index in [0.717, 1.165) is 17.1 Å². The second-order valence-corrected chi connectivity index (χ2v) is 4.10. The van der Waals surface area contributed by atoms with Crippen LogP contribution in [0.25, 0.3) is 0 Å². The van der Waals surface area contributed by atoms with Gasteiger partial charge in [-0.1, -0.05) is 13.8 Å². The zero-order chi connectivity index (χ0) is 12.3. The largest absolute Gasteiger partial charge is 0.486 e. The molecule has 0 spiro atoms. The quantitative estimate of drug-likeness (QED) is 0.804. The molecule has 0 saturated carbocycles. The van der Waals surface area contributed by atoms with Crippen molar-refractivity contribution < 1.29 is 14.2 Å². The van der Waals surface area contributed by atoms with Gasteiger partial charge in [0.1, 0.15) is 25.0 Å². The average molecular weight is 233 g/mol. The highest BCUT2D eigenvalue weighted by atomic mass is 16.6. The van der Waals surface area contributed by atoms with Crippen LogP contribution < -0.4 is 14.2 Å². The van der Waals surface area contributed by atoms with E-state index in [4.69, 9.17) is 19.5 Å². The Kier molecular flexibility index (Phi) is 3.38. The zero-order valence-corrected chi connectivity index (χ0v) is 10.0.